The fourth-order valence-corrected chi connectivity index (χ4v) is 0. The summed E-state index contributed by atoms with van der Waals surface area (Å²) in [7, 11) is 0. The molecule has 1 atom stereocenters. The maximum atomic E-state index is 0. The van der Waals surface area contributed by atoms with Crippen molar-refractivity contribution in [1.82, 2.24) is 0 Å². The SMILES string of the molecule is P.S.[InH3].[Zn]. The summed E-state index contributed by atoms with van der Waals surface area (Å²) in [5, 5.41) is 0. The van der Waals surface area contributed by atoms with Gasteiger partial charge in [-0.05, 0) is 0 Å². The third kappa shape index (κ3) is 8.86. The maximum Gasteiger partial charge on any atom is 0 e. The summed E-state index contributed by atoms with van der Waals surface area (Å²) in [4.78, 5) is 0. The van der Waals surface area contributed by atoms with Gasteiger partial charge in [-0.2, -0.15) is 23.4 Å². The van der Waals surface area contributed by atoms with Crippen LogP contribution in [0.4, 0.5) is 0 Å². The van der Waals surface area contributed by atoms with E-state index in [0.717, 1.165) is 0 Å². The van der Waals surface area contributed by atoms with E-state index in [1.807, 2.05) is 0 Å². The van der Waals surface area contributed by atoms with Crippen LogP contribution >= 0.6 is 23.4 Å². The van der Waals surface area contributed by atoms with E-state index in [9.17, 15) is 0 Å². The molecule has 0 radical (unpaired) electrons. The van der Waals surface area contributed by atoms with Crippen LogP contribution < -0.4 is 0 Å². The third-order valence-electron chi connectivity index (χ3n) is 0. The van der Waals surface area contributed by atoms with Crippen LogP contribution in [0.15, 0.2) is 0 Å². The standard InChI is InChI=1S/In.H3P.H2S.Zn.3H/h;1H3;1H2;;;;. The molecule has 0 aromatic rings. The first kappa shape index (κ1) is 33.8. The molecule has 1 unspecified atom stereocenters. The molecule has 0 saturated carbocycles. The van der Waals surface area contributed by atoms with Gasteiger partial charge in [-0.15, -0.1) is 0 Å². The molecule has 0 saturated heterocycles. The largest absolute Gasteiger partial charge is 0 e. The summed E-state index contributed by atoms with van der Waals surface area (Å²) in [6.07, 6.45) is 0. The summed E-state index contributed by atoms with van der Waals surface area (Å²) in [5.41, 5.74) is 0. The smallest absolute Gasteiger partial charge is 0 e. The molecule has 24 valence electrons. The molecule has 4 heteroatoms. The molecule has 0 N–H and O–H groups in total. The van der Waals surface area contributed by atoms with Crippen molar-refractivity contribution in [3.05, 3.63) is 0 Å². The van der Waals surface area contributed by atoms with Gasteiger partial charge < -0.3 is 0 Å². The normalized spacial score (nSPS) is 0. The summed E-state index contributed by atoms with van der Waals surface area (Å²) < 4.78 is 0. The van der Waals surface area contributed by atoms with Crippen LogP contribution in [0, 0.1) is 0 Å². The zero-order valence-electron chi connectivity index (χ0n) is 1.91. The van der Waals surface area contributed by atoms with Gasteiger partial charge in [0, 0.05) is 19.5 Å². The zero-order chi connectivity index (χ0) is 0. The quantitative estimate of drug-likeness (QED) is 0.382. The molecule has 0 spiro atoms. The zero-order valence-corrected chi connectivity index (χ0v) is 7.30. The van der Waals surface area contributed by atoms with Gasteiger partial charge in [-0.1, -0.05) is 0 Å². The van der Waals surface area contributed by atoms with E-state index in [-0.39, 0.29) is 68.7 Å². The molecule has 0 aromatic carbocycles. The molecule has 0 aromatic heterocycles. The summed E-state index contributed by atoms with van der Waals surface area (Å²) in [6, 6.07) is 0. The van der Waals surface area contributed by atoms with E-state index in [0.29, 0.717) is 0 Å². The van der Waals surface area contributed by atoms with Gasteiger partial charge in [0.05, 0.1) is 0 Å². The van der Waals surface area contributed by atoms with Crippen molar-refractivity contribution in [2.24, 2.45) is 0 Å². The van der Waals surface area contributed by atoms with Crippen LogP contribution in [0.3, 0.4) is 0 Å². The second kappa shape index (κ2) is 18.6. The Hall–Kier alpha value is 2.27. The van der Waals surface area contributed by atoms with Crippen molar-refractivity contribution in [2.75, 3.05) is 0 Å². The van der Waals surface area contributed by atoms with E-state index in [4.69, 9.17) is 0 Å². The maximum absolute atomic E-state index is 0. The van der Waals surface area contributed by atoms with Gasteiger partial charge in [-0.3, -0.25) is 0 Å². The van der Waals surface area contributed by atoms with Gasteiger partial charge >= 0.3 is 25.8 Å². The van der Waals surface area contributed by atoms with Gasteiger partial charge in [0.2, 0.25) is 0 Å². The fraction of sp³-hybridized carbons (Fsp3) is 0. The van der Waals surface area contributed by atoms with E-state index >= 15 is 0 Å². The Kier molecular flexibility index (Phi) is 157. The Morgan fingerprint density at radius 1 is 1.00 bits per heavy atom. The second-order valence-corrected chi connectivity index (χ2v) is 0. The van der Waals surface area contributed by atoms with Crippen LogP contribution in [-0.2, 0) is 19.5 Å². The van der Waals surface area contributed by atoms with Gasteiger partial charge in [-0.25, -0.2) is 0 Å². The molecule has 0 bridgehead atoms. The first-order chi connectivity index (χ1) is 0. The van der Waals surface area contributed by atoms with Crippen molar-refractivity contribution in [3.63, 3.8) is 0 Å². The minimum atomic E-state index is 0. The fourth-order valence-electron chi connectivity index (χ4n) is 0. The number of rotatable bonds is 0. The average molecular weight is 251 g/mol. The van der Waals surface area contributed by atoms with E-state index in [1.54, 1.807) is 0 Å². The molecule has 0 aliphatic rings. The van der Waals surface area contributed by atoms with Gasteiger partial charge in [0.25, 0.3) is 0 Å². The molecule has 0 rings (SSSR count). The van der Waals surface area contributed by atoms with Crippen LogP contribution in [-0.4, -0.2) is 25.8 Å². The van der Waals surface area contributed by atoms with E-state index in [2.05, 4.69) is 0 Å². The molecular formula is H8InPSZn. The van der Waals surface area contributed by atoms with Crippen molar-refractivity contribution >= 4 is 49.2 Å². The van der Waals surface area contributed by atoms with Gasteiger partial charge in [0.1, 0.15) is 0 Å². The van der Waals surface area contributed by atoms with Crippen molar-refractivity contribution in [2.45, 2.75) is 0 Å². The average Bonchev–Trinajstić information content (AvgIpc) is 0. The summed E-state index contributed by atoms with van der Waals surface area (Å²) in [5.74, 6) is 0. The van der Waals surface area contributed by atoms with Crippen molar-refractivity contribution in [1.29, 1.82) is 0 Å². The van der Waals surface area contributed by atoms with Crippen LogP contribution in [0.2, 0.25) is 0 Å². The Balaban J connectivity index is 0. The minimum absolute atomic E-state index is 0. The predicted molar refractivity (Wildman–Crippen MR) is 31.4 cm³/mol. The van der Waals surface area contributed by atoms with Crippen LogP contribution in [0.25, 0.3) is 0 Å². The summed E-state index contributed by atoms with van der Waals surface area (Å²) >= 11 is 0. The van der Waals surface area contributed by atoms with Crippen molar-refractivity contribution < 1.29 is 19.5 Å². The predicted octanol–water partition coefficient (Wildman–Crippen LogP) is -1.02. The third-order valence-corrected chi connectivity index (χ3v) is 0. The van der Waals surface area contributed by atoms with Crippen molar-refractivity contribution in [3.8, 4) is 0 Å². The molecule has 0 amide bonds. The van der Waals surface area contributed by atoms with Crippen LogP contribution in [0.1, 0.15) is 0 Å². The molecule has 0 aliphatic heterocycles. The molecule has 0 aliphatic carbocycles. The molecule has 0 fully saturated rings. The van der Waals surface area contributed by atoms with E-state index in [1.165, 1.54) is 0 Å². The minimum Gasteiger partial charge on any atom is 0 e. The molecule has 0 heterocycles. The summed E-state index contributed by atoms with van der Waals surface area (Å²) in [6.45, 7) is 0. The number of hydrogen-bond acceptors (Lipinski definition) is 0. The Morgan fingerprint density at radius 2 is 1.00 bits per heavy atom. The first-order valence-corrected chi connectivity index (χ1v) is 0. The van der Waals surface area contributed by atoms with Crippen LogP contribution in [0.5, 0.6) is 0 Å². The molecule has 0 nitrogen and oxygen atoms in total. The molecular weight excluding hydrogens is 243 g/mol. The van der Waals surface area contributed by atoms with Gasteiger partial charge in [0.15, 0.2) is 0 Å². The topological polar surface area (TPSA) is 0 Å². The van der Waals surface area contributed by atoms with E-state index < -0.39 is 0 Å². The number of hydrogen-bond donors (Lipinski definition) is 0. The second-order valence-electron chi connectivity index (χ2n) is 0. The first-order valence-electron chi connectivity index (χ1n) is 0. The molecule has 4 heavy (non-hydrogen) atoms. The Bertz CT molecular complexity index is 8.00. The Morgan fingerprint density at radius 3 is 1.00 bits per heavy atom. The monoisotopic (exact) mass is 250 g/mol. The Labute approximate surface area is 68.1 Å².